The minimum atomic E-state index is 0.0457. The van der Waals surface area contributed by atoms with E-state index in [1.807, 2.05) is 18.2 Å². The summed E-state index contributed by atoms with van der Waals surface area (Å²) in [5.41, 5.74) is 0.889. The second-order valence-corrected chi connectivity index (χ2v) is 8.82. The summed E-state index contributed by atoms with van der Waals surface area (Å²) in [6, 6.07) is 6.24. The van der Waals surface area contributed by atoms with Gasteiger partial charge in [-0.05, 0) is 57.2 Å². The van der Waals surface area contributed by atoms with Gasteiger partial charge in [-0.2, -0.15) is 0 Å². The molecule has 3 saturated heterocycles. The van der Waals surface area contributed by atoms with Crippen LogP contribution in [0.3, 0.4) is 0 Å². The molecule has 0 aromatic carbocycles. The summed E-state index contributed by atoms with van der Waals surface area (Å²) in [6.07, 6.45) is 7.51. The molecule has 0 spiro atoms. The molecule has 1 unspecified atom stereocenters. The van der Waals surface area contributed by atoms with Crippen LogP contribution in [0.2, 0.25) is 0 Å². The number of rotatable bonds is 5. The Morgan fingerprint density at radius 3 is 2.57 bits per heavy atom. The quantitative estimate of drug-likeness (QED) is 0.796. The Morgan fingerprint density at radius 2 is 1.83 bits per heavy atom. The van der Waals surface area contributed by atoms with Crippen molar-refractivity contribution in [2.45, 2.75) is 51.1 Å². The molecule has 30 heavy (non-hydrogen) atoms. The van der Waals surface area contributed by atoms with Crippen LogP contribution in [-0.4, -0.2) is 72.0 Å². The molecule has 7 heteroatoms. The third-order valence-electron chi connectivity index (χ3n) is 6.86. The van der Waals surface area contributed by atoms with Crippen molar-refractivity contribution in [1.82, 2.24) is 20.1 Å². The zero-order chi connectivity index (χ0) is 20.8. The van der Waals surface area contributed by atoms with Crippen LogP contribution < -0.4 is 5.32 Å². The highest BCUT2D eigenvalue weighted by molar-refractivity contribution is 5.79. The fraction of sp³-hybridized carbons (Fsp3) is 0.696. The molecule has 4 rings (SSSR count). The monoisotopic (exact) mass is 414 g/mol. The van der Waals surface area contributed by atoms with Gasteiger partial charge in [0.2, 0.25) is 11.8 Å². The van der Waals surface area contributed by atoms with Gasteiger partial charge in [0.25, 0.3) is 0 Å². The third-order valence-corrected chi connectivity index (χ3v) is 6.86. The molecule has 1 aromatic heterocycles. The van der Waals surface area contributed by atoms with Crippen LogP contribution in [0.25, 0.3) is 0 Å². The Kier molecular flexibility index (Phi) is 7.33. The van der Waals surface area contributed by atoms with Gasteiger partial charge < -0.3 is 15.0 Å². The molecule has 0 saturated carbocycles. The normalized spacial score (nSPS) is 24.5. The van der Waals surface area contributed by atoms with E-state index in [2.05, 4.69) is 20.1 Å². The van der Waals surface area contributed by atoms with Gasteiger partial charge in [-0.15, -0.1) is 0 Å². The number of pyridine rings is 1. The molecule has 1 atom stereocenters. The first-order valence-corrected chi connectivity index (χ1v) is 11.5. The summed E-state index contributed by atoms with van der Waals surface area (Å²) < 4.78 is 5.39. The van der Waals surface area contributed by atoms with E-state index in [1.165, 1.54) is 0 Å². The van der Waals surface area contributed by atoms with Gasteiger partial charge in [0.1, 0.15) is 0 Å². The predicted molar refractivity (Wildman–Crippen MR) is 114 cm³/mol. The highest BCUT2D eigenvalue weighted by Gasteiger charge is 2.34. The predicted octanol–water partition coefficient (Wildman–Crippen LogP) is 1.83. The van der Waals surface area contributed by atoms with Gasteiger partial charge >= 0.3 is 0 Å². The standard InChI is InChI=1S/C23H34N4O3/c28-22(25-16-20-5-1-2-10-24-20)19-4-3-11-27(17-19)21-6-12-26(13-7-21)23(29)18-8-14-30-15-9-18/h1-2,5,10,18-19,21H,3-4,6-9,11-17H2,(H,25,28). The second kappa shape index (κ2) is 10.4. The summed E-state index contributed by atoms with van der Waals surface area (Å²) >= 11 is 0. The summed E-state index contributed by atoms with van der Waals surface area (Å²) in [7, 11) is 0. The molecule has 0 bridgehead atoms. The number of aromatic nitrogens is 1. The van der Waals surface area contributed by atoms with Crippen molar-refractivity contribution in [3.8, 4) is 0 Å². The fourth-order valence-corrected chi connectivity index (χ4v) is 5.03. The zero-order valence-electron chi connectivity index (χ0n) is 17.8. The van der Waals surface area contributed by atoms with Gasteiger partial charge in [0, 0.05) is 51.0 Å². The van der Waals surface area contributed by atoms with E-state index in [0.717, 1.165) is 70.4 Å². The van der Waals surface area contributed by atoms with E-state index in [4.69, 9.17) is 4.74 Å². The van der Waals surface area contributed by atoms with E-state index in [1.54, 1.807) is 6.20 Å². The smallest absolute Gasteiger partial charge is 0.225 e. The van der Waals surface area contributed by atoms with E-state index >= 15 is 0 Å². The van der Waals surface area contributed by atoms with E-state index in [9.17, 15) is 9.59 Å². The largest absolute Gasteiger partial charge is 0.381 e. The maximum Gasteiger partial charge on any atom is 0.225 e. The van der Waals surface area contributed by atoms with Crippen LogP contribution in [-0.2, 0) is 20.9 Å². The van der Waals surface area contributed by atoms with Crippen LogP contribution in [0.5, 0.6) is 0 Å². The highest BCUT2D eigenvalue weighted by atomic mass is 16.5. The molecule has 0 radical (unpaired) electrons. The summed E-state index contributed by atoms with van der Waals surface area (Å²) in [5, 5.41) is 3.06. The molecule has 164 valence electrons. The molecule has 7 nitrogen and oxygen atoms in total. The summed E-state index contributed by atoms with van der Waals surface area (Å²) in [6.45, 7) is 5.48. The van der Waals surface area contributed by atoms with Gasteiger partial charge in [-0.1, -0.05) is 6.07 Å². The third kappa shape index (κ3) is 5.38. The average Bonchev–Trinajstić information content (AvgIpc) is 2.83. The first-order chi connectivity index (χ1) is 14.7. The lowest BCUT2D eigenvalue weighted by molar-refractivity contribution is -0.140. The number of hydrogen-bond acceptors (Lipinski definition) is 5. The van der Waals surface area contributed by atoms with Crippen molar-refractivity contribution in [1.29, 1.82) is 0 Å². The number of carbonyl (C=O) groups is 2. The van der Waals surface area contributed by atoms with Crippen LogP contribution in [0.15, 0.2) is 24.4 Å². The van der Waals surface area contributed by atoms with Crippen LogP contribution in [0.4, 0.5) is 0 Å². The maximum absolute atomic E-state index is 12.8. The Bertz CT molecular complexity index is 700. The zero-order valence-corrected chi connectivity index (χ0v) is 17.8. The maximum atomic E-state index is 12.8. The van der Waals surface area contributed by atoms with Gasteiger partial charge in [-0.3, -0.25) is 19.5 Å². The lowest BCUT2D eigenvalue weighted by atomic mass is 9.92. The van der Waals surface area contributed by atoms with Gasteiger partial charge in [-0.25, -0.2) is 0 Å². The van der Waals surface area contributed by atoms with E-state index in [0.29, 0.717) is 31.7 Å². The van der Waals surface area contributed by atoms with E-state index < -0.39 is 0 Å². The number of nitrogens with zero attached hydrogens (tertiary/aromatic N) is 3. The van der Waals surface area contributed by atoms with Crippen molar-refractivity contribution in [3.63, 3.8) is 0 Å². The minimum Gasteiger partial charge on any atom is -0.381 e. The molecule has 3 aliphatic rings. The Labute approximate surface area is 179 Å². The van der Waals surface area contributed by atoms with Crippen molar-refractivity contribution in [3.05, 3.63) is 30.1 Å². The molecule has 4 heterocycles. The fourth-order valence-electron chi connectivity index (χ4n) is 5.03. The lowest BCUT2D eigenvalue weighted by Crippen LogP contribution is -2.52. The van der Waals surface area contributed by atoms with Crippen LogP contribution in [0.1, 0.15) is 44.2 Å². The molecule has 1 aromatic rings. The van der Waals surface area contributed by atoms with Crippen molar-refractivity contribution in [2.24, 2.45) is 11.8 Å². The number of hydrogen-bond donors (Lipinski definition) is 1. The molecular weight excluding hydrogens is 380 g/mol. The molecule has 3 aliphatic heterocycles. The number of nitrogens with one attached hydrogen (secondary N) is 1. The Morgan fingerprint density at radius 1 is 1.03 bits per heavy atom. The number of likely N-dealkylation sites (tertiary alicyclic amines) is 2. The van der Waals surface area contributed by atoms with E-state index in [-0.39, 0.29) is 17.7 Å². The molecule has 2 amide bonds. The van der Waals surface area contributed by atoms with Crippen molar-refractivity contribution < 1.29 is 14.3 Å². The van der Waals surface area contributed by atoms with Crippen LogP contribution >= 0.6 is 0 Å². The van der Waals surface area contributed by atoms with Crippen LogP contribution in [0, 0.1) is 11.8 Å². The lowest BCUT2D eigenvalue weighted by Gasteiger charge is -2.42. The number of piperidine rings is 2. The van der Waals surface area contributed by atoms with Crippen molar-refractivity contribution in [2.75, 3.05) is 39.4 Å². The summed E-state index contributed by atoms with van der Waals surface area (Å²) in [4.78, 5) is 34.3. The molecular formula is C23H34N4O3. The Balaban J connectivity index is 1.23. The molecule has 0 aliphatic carbocycles. The van der Waals surface area contributed by atoms with Crippen molar-refractivity contribution >= 4 is 11.8 Å². The highest BCUT2D eigenvalue weighted by Crippen LogP contribution is 2.26. The molecule has 3 fully saturated rings. The Hall–Kier alpha value is -1.99. The first-order valence-electron chi connectivity index (χ1n) is 11.5. The van der Waals surface area contributed by atoms with Gasteiger partial charge in [0.05, 0.1) is 18.2 Å². The number of amides is 2. The summed E-state index contributed by atoms with van der Waals surface area (Å²) in [5.74, 6) is 0.654. The number of carbonyl (C=O) groups excluding carboxylic acids is 2. The molecule has 1 N–H and O–H groups in total. The first kappa shape index (κ1) is 21.2. The topological polar surface area (TPSA) is 74.8 Å². The SMILES string of the molecule is O=C(NCc1ccccn1)C1CCCN(C2CCN(C(=O)C3CCOCC3)CC2)C1. The number of ether oxygens (including phenoxy) is 1. The van der Waals surface area contributed by atoms with Gasteiger partial charge in [0.15, 0.2) is 0 Å². The minimum absolute atomic E-state index is 0.0457. The second-order valence-electron chi connectivity index (χ2n) is 8.82. The average molecular weight is 415 g/mol.